The topological polar surface area (TPSA) is 55.8 Å². The fourth-order valence-corrected chi connectivity index (χ4v) is 2.99. The Morgan fingerprint density at radius 1 is 1.00 bits per heavy atom. The molecule has 5 nitrogen and oxygen atoms in total. The van der Waals surface area contributed by atoms with Crippen LogP contribution in [0.4, 0.5) is 0 Å². The molecule has 0 saturated carbocycles. The number of amides is 1. The van der Waals surface area contributed by atoms with Gasteiger partial charge in [-0.1, -0.05) is 58.4 Å². The van der Waals surface area contributed by atoms with Gasteiger partial charge >= 0.3 is 5.97 Å². The summed E-state index contributed by atoms with van der Waals surface area (Å²) in [7, 11) is 2.94. The molecule has 0 heterocycles. The first-order valence-corrected chi connectivity index (χ1v) is 9.31. The third-order valence-electron chi connectivity index (χ3n) is 4.07. The number of methoxy groups -OCH3 is 2. The molecule has 0 unspecified atom stereocenters. The van der Waals surface area contributed by atoms with Crippen molar-refractivity contribution < 1.29 is 19.1 Å². The van der Waals surface area contributed by atoms with Gasteiger partial charge in [0.15, 0.2) is 0 Å². The fraction of sp³-hybridized carbons (Fsp3) is 0.300. The van der Waals surface area contributed by atoms with Crippen LogP contribution in [0.5, 0.6) is 5.75 Å². The first kappa shape index (κ1) is 20.0. The van der Waals surface area contributed by atoms with Crippen LogP contribution in [0.15, 0.2) is 54.6 Å². The van der Waals surface area contributed by atoms with Crippen molar-refractivity contribution in [3.8, 4) is 5.75 Å². The zero-order chi connectivity index (χ0) is 18.9. The van der Waals surface area contributed by atoms with Gasteiger partial charge in [0.25, 0.3) is 0 Å². The van der Waals surface area contributed by atoms with Gasteiger partial charge in [-0.25, -0.2) is 4.79 Å². The average molecular weight is 420 g/mol. The van der Waals surface area contributed by atoms with E-state index >= 15 is 0 Å². The monoisotopic (exact) mass is 419 g/mol. The standard InChI is InChI=1S/C20H22BrNO4/c1-25-17-10-8-16(9-11-17)14-22(19(23)13-21)18(20(24)26-2)12-15-6-4-3-5-7-15/h3-11,18H,12-14H2,1-2H3/t18-/m1/s1. The number of hydrogen-bond donors (Lipinski definition) is 0. The van der Waals surface area contributed by atoms with Crippen molar-refractivity contribution in [3.05, 3.63) is 65.7 Å². The Morgan fingerprint density at radius 2 is 1.65 bits per heavy atom. The van der Waals surface area contributed by atoms with Gasteiger partial charge in [-0.2, -0.15) is 0 Å². The van der Waals surface area contributed by atoms with Crippen molar-refractivity contribution in [2.45, 2.75) is 19.0 Å². The molecule has 0 saturated heterocycles. The lowest BCUT2D eigenvalue weighted by Crippen LogP contribution is -2.47. The van der Waals surface area contributed by atoms with E-state index in [-0.39, 0.29) is 11.2 Å². The van der Waals surface area contributed by atoms with E-state index in [0.717, 1.165) is 16.9 Å². The van der Waals surface area contributed by atoms with Crippen molar-refractivity contribution in [2.75, 3.05) is 19.5 Å². The van der Waals surface area contributed by atoms with E-state index in [9.17, 15) is 9.59 Å². The van der Waals surface area contributed by atoms with Crippen molar-refractivity contribution in [3.63, 3.8) is 0 Å². The number of benzene rings is 2. The van der Waals surface area contributed by atoms with Gasteiger partial charge in [0.2, 0.25) is 5.91 Å². The Morgan fingerprint density at radius 3 is 2.19 bits per heavy atom. The third kappa shape index (κ3) is 5.33. The highest BCUT2D eigenvalue weighted by Gasteiger charge is 2.30. The second kappa shape index (κ2) is 9.97. The maximum atomic E-state index is 12.5. The molecule has 0 aliphatic carbocycles. The second-order valence-electron chi connectivity index (χ2n) is 5.73. The predicted octanol–water partition coefficient (Wildman–Crippen LogP) is 3.20. The zero-order valence-corrected chi connectivity index (χ0v) is 16.4. The van der Waals surface area contributed by atoms with Crippen LogP contribution in [0.2, 0.25) is 0 Å². The van der Waals surface area contributed by atoms with E-state index in [1.54, 1.807) is 12.0 Å². The van der Waals surface area contributed by atoms with Crippen LogP contribution in [0.25, 0.3) is 0 Å². The molecular formula is C20H22BrNO4. The second-order valence-corrected chi connectivity index (χ2v) is 6.29. The van der Waals surface area contributed by atoms with Gasteiger partial charge in [0.1, 0.15) is 11.8 Å². The van der Waals surface area contributed by atoms with Crippen LogP contribution in [0.1, 0.15) is 11.1 Å². The summed E-state index contributed by atoms with van der Waals surface area (Å²) in [6, 6.07) is 16.3. The van der Waals surface area contributed by atoms with Gasteiger partial charge in [-0.15, -0.1) is 0 Å². The van der Waals surface area contributed by atoms with Gasteiger partial charge in [-0.3, -0.25) is 4.79 Å². The molecule has 0 bridgehead atoms. The number of esters is 1. The van der Waals surface area contributed by atoms with E-state index < -0.39 is 12.0 Å². The minimum atomic E-state index is -0.699. The third-order valence-corrected chi connectivity index (χ3v) is 4.55. The molecule has 0 aromatic heterocycles. The lowest BCUT2D eigenvalue weighted by Gasteiger charge is -2.30. The van der Waals surface area contributed by atoms with E-state index in [2.05, 4.69) is 15.9 Å². The Balaban J connectivity index is 2.29. The highest BCUT2D eigenvalue weighted by atomic mass is 79.9. The number of halogens is 1. The maximum Gasteiger partial charge on any atom is 0.328 e. The molecular weight excluding hydrogens is 398 g/mol. The molecule has 2 aromatic rings. The average Bonchev–Trinajstić information content (AvgIpc) is 2.70. The first-order chi connectivity index (χ1) is 12.6. The predicted molar refractivity (Wildman–Crippen MR) is 103 cm³/mol. The molecule has 138 valence electrons. The molecule has 2 rings (SSSR count). The van der Waals surface area contributed by atoms with Gasteiger partial charge < -0.3 is 14.4 Å². The summed E-state index contributed by atoms with van der Waals surface area (Å²) < 4.78 is 10.1. The number of carbonyl (C=O) groups is 2. The molecule has 0 fully saturated rings. The number of hydrogen-bond acceptors (Lipinski definition) is 4. The summed E-state index contributed by atoms with van der Waals surface area (Å²) >= 11 is 3.21. The van der Waals surface area contributed by atoms with Crippen molar-refractivity contribution in [1.82, 2.24) is 4.90 Å². The Kier molecular flexibility index (Phi) is 7.66. The smallest absolute Gasteiger partial charge is 0.328 e. The number of ether oxygens (including phenoxy) is 2. The summed E-state index contributed by atoms with van der Waals surface area (Å²) in [6.45, 7) is 0.307. The Labute approximate surface area is 162 Å². The van der Waals surface area contributed by atoms with Crippen molar-refractivity contribution in [2.24, 2.45) is 0 Å². The normalized spacial score (nSPS) is 11.5. The summed E-state index contributed by atoms with van der Waals surface area (Å²) in [5.41, 5.74) is 1.87. The summed E-state index contributed by atoms with van der Waals surface area (Å²) in [5, 5.41) is 0.130. The molecule has 1 amide bonds. The van der Waals surface area contributed by atoms with Crippen LogP contribution in [-0.4, -0.2) is 42.4 Å². The molecule has 0 aliphatic rings. The molecule has 0 aliphatic heterocycles. The molecule has 0 N–H and O–H groups in total. The summed E-state index contributed by atoms with van der Waals surface area (Å²) in [4.78, 5) is 26.5. The molecule has 26 heavy (non-hydrogen) atoms. The van der Waals surface area contributed by atoms with Crippen LogP contribution < -0.4 is 4.74 Å². The van der Waals surface area contributed by atoms with Crippen molar-refractivity contribution >= 4 is 27.8 Å². The minimum Gasteiger partial charge on any atom is -0.497 e. The largest absolute Gasteiger partial charge is 0.497 e. The van der Waals surface area contributed by atoms with E-state index in [4.69, 9.17) is 9.47 Å². The van der Waals surface area contributed by atoms with E-state index in [0.29, 0.717) is 13.0 Å². The van der Waals surface area contributed by atoms with Crippen molar-refractivity contribution in [1.29, 1.82) is 0 Å². The lowest BCUT2D eigenvalue weighted by atomic mass is 10.0. The number of rotatable bonds is 8. The number of carbonyl (C=O) groups excluding carboxylic acids is 2. The number of alkyl halides is 1. The molecule has 6 heteroatoms. The number of nitrogens with zero attached hydrogens (tertiary/aromatic N) is 1. The fourth-order valence-electron chi connectivity index (χ4n) is 2.67. The molecule has 0 spiro atoms. The first-order valence-electron chi connectivity index (χ1n) is 8.19. The van der Waals surface area contributed by atoms with Crippen LogP contribution in [0.3, 0.4) is 0 Å². The van der Waals surface area contributed by atoms with E-state index in [1.807, 2.05) is 54.6 Å². The molecule has 2 aromatic carbocycles. The van der Waals surface area contributed by atoms with Gasteiger partial charge in [-0.05, 0) is 23.3 Å². The quantitative estimate of drug-likeness (QED) is 0.486. The lowest BCUT2D eigenvalue weighted by molar-refractivity contribution is -0.152. The van der Waals surface area contributed by atoms with Crippen LogP contribution in [-0.2, 0) is 27.3 Å². The Bertz CT molecular complexity index is 718. The minimum absolute atomic E-state index is 0.130. The highest BCUT2D eigenvalue weighted by Crippen LogP contribution is 2.18. The molecule has 0 radical (unpaired) electrons. The molecule has 1 atom stereocenters. The zero-order valence-electron chi connectivity index (χ0n) is 14.9. The summed E-state index contributed by atoms with van der Waals surface area (Å²) in [6.07, 6.45) is 0.391. The van der Waals surface area contributed by atoms with Crippen LogP contribution >= 0.6 is 15.9 Å². The van der Waals surface area contributed by atoms with Gasteiger partial charge in [0, 0.05) is 13.0 Å². The van der Waals surface area contributed by atoms with E-state index in [1.165, 1.54) is 7.11 Å². The SMILES string of the molecule is COC(=O)[C@@H](Cc1ccccc1)N(Cc1ccc(OC)cc1)C(=O)CBr. The van der Waals surface area contributed by atoms with Crippen LogP contribution in [0, 0.1) is 0 Å². The maximum absolute atomic E-state index is 12.5. The highest BCUT2D eigenvalue weighted by molar-refractivity contribution is 9.09. The summed E-state index contributed by atoms with van der Waals surface area (Å²) in [5.74, 6) is 0.129. The Hall–Kier alpha value is -2.34. The van der Waals surface area contributed by atoms with Gasteiger partial charge in [0.05, 0.1) is 19.5 Å².